The number of amides is 2. The van der Waals surface area contributed by atoms with Gasteiger partial charge in [-0.05, 0) is 61.2 Å². The van der Waals surface area contributed by atoms with E-state index in [2.05, 4.69) is 10.5 Å². The first-order valence-electron chi connectivity index (χ1n) is 10.5. The summed E-state index contributed by atoms with van der Waals surface area (Å²) in [5.74, 6) is 0.280. The molecule has 0 radical (unpaired) electrons. The predicted molar refractivity (Wildman–Crippen MR) is 115 cm³/mol. The molecular weight excluding hydrogens is 413 g/mol. The Hall–Kier alpha value is -3.68. The lowest BCUT2D eigenvalue weighted by molar-refractivity contribution is 0.0712. The van der Waals surface area contributed by atoms with Crippen LogP contribution in [0.5, 0.6) is 5.75 Å². The van der Waals surface area contributed by atoms with Gasteiger partial charge in [-0.2, -0.15) is 0 Å². The Kier molecular flexibility index (Phi) is 6.49. The molecule has 4 rings (SSSR count). The number of hydrogen-bond donors (Lipinski definition) is 1. The van der Waals surface area contributed by atoms with Crippen molar-refractivity contribution < 1.29 is 23.2 Å². The standard InChI is InChI=1S/C24H24FN3O4/c1-31-20-10-2-16(3-11-20)12-13-26-23(29)22-14-21(32-27-22)15-28(19-8-9-19)24(30)17-4-6-18(25)7-5-17/h2-7,10-11,14,19H,8-9,12-13,15H2,1H3,(H,26,29). The van der Waals surface area contributed by atoms with E-state index < -0.39 is 5.82 Å². The number of carbonyl (C=O) groups excluding carboxylic acids is 2. The summed E-state index contributed by atoms with van der Waals surface area (Å²) in [7, 11) is 1.62. The van der Waals surface area contributed by atoms with Gasteiger partial charge in [-0.15, -0.1) is 0 Å². The van der Waals surface area contributed by atoms with E-state index in [4.69, 9.17) is 9.26 Å². The topological polar surface area (TPSA) is 84.7 Å². The fraction of sp³-hybridized carbons (Fsp3) is 0.292. The number of methoxy groups -OCH3 is 1. The molecule has 166 valence electrons. The van der Waals surface area contributed by atoms with Crippen molar-refractivity contribution in [1.29, 1.82) is 0 Å². The third kappa shape index (κ3) is 5.32. The lowest BCUT2D eigenvalue weighted by Crippen LogP contribution is -2.32. The second-order valence-electron chi connectivity index (χ2n) is 7.70. The van der Waals surface area contributed by atoms with Gasteiger partial charge in [-0.1, -0.05) is 17.3 Å². The first-order chi connectivity index (χ1) is 15.5. The summed E-state index contributed by atoms with van der Waals surface area (Å²) in [4.78, 5) is 26.9. The number of carbonyl (C=O) groups is 2. The lowest BCUT2D eigenvalue weighted by atomic mass is 10.1. The molecule has 0 aliphatic heterocycles. The summed E-state index contributed by atoms with van der Waals surface area (Å²) < 4.78 is 23.6. The molecule has 1 aliphatic rings. The number of benzene rings is 2. The maximum atomic E-state index is 13.2. The molecule has 1 aromatic heterocycles. The Balaban J connectivity index is 1.33. The molecule has 0 atom stereocenters. The summed E-state index contributed by atoms with van der Waals surface area (Å²) in [5, 5.41) is 6.67. The van der Waals surface area contributed by atoms with Crippen LogP contribution >= 0.6 is 0 Å². The first-order valence-corrected chi connectivity index (χ1v) is 10.5. The van der Waals surface area contributed by atoms with Crippen molar-refractivity contribution in [3.05, 3.63) is 83.0 Å². The van der Waals surface area contributed by atoms with Crippen LogP contribution < -0.4 is 10.1 Å². The SMILES string of the molecule is COc1ccc(CCNC(=O)c2cc(CN(C(=O)c3ccc(F)cc3)C3CC3)on2)cc1. The lowest BCUT2D eigenvalue weighted by Gasteiger charge is -2.21. The molecule has 1 aliphatic carbocycles. The fourth-order valence-corrected chi connectivity index (χ4v) is 3.38. The molecule has 1 fully saturated rings. The van der Waals surface area contributed by atoms with Crippen LogP contribution in [0.4, 0.5) is 4.39 Å². The van der Waals surface area contributed by atoms with E-state index in [1.165, 1.54) is 24.3 Å². The molecule has 0 spiro atoms. The van der Waals surface area contributed by atoms with Crippen LogP contribution in [0.25, 0.3) is 0 Å². The summed E-state index contributed by atoms with van der Waals surface area (Å²) in [6.07, 6.45) is 2.47. The van der Waals surface area contributed by atoms with Crippen LogP contribution in [-0.4, -0.2) is 41.6 Å². The molecular formula is C24H24FN3O4. The zero-order chi connectivity index (χ0) is 22.5. The van der Waals surface area contributed by atoms with E-state index in [1.54, 1.807) is 18.1 Å². The van der Waals surface area contributed by atoms with Crippen molar-refractivity contribution in [2.75, 3.05) is 13.7 Å². The summed E-state index contributed by atoms with van der Waals surface area (Å²) in [5.41, 5.74) is 1.65. The number of nitrogens with zero attached hydrogens (tertiary/aromatic N) is 2. The largest absolute Gasteiger partial charge is 0.497 e. The average Bonchev–Trinajstić information content (AvgIpc) is 3.55. The molecule has 1 saturated carbocycles. The molecule has 2 aromatic carbocycles. The van der Waals surface area contributed by atoms with Crippen molar-refractivity contribution in [3.8, 4) is 5.75 Å². The number of hydrogen-bond acceptors (Lipinski definition) is 5. The quantitative estimate of drug-likeness (QED) is 0.553. The highest BCUT2D eigenvalue weighted by Crippen LogP contribution is 2.30. The summed E-state index contributed by atoms with van der Waals surface area (Å²) >= 11 is 0. The van der Waals surface area contributed by atoms with Crippen LogP contribution in [-0.2, 0) is 13.0 Å². The Labute approximate surface area is 185 Å². The van der Waals surface area contributed by atoms with Gasteiger partial charge in [0, 0.05) is 24.2 Å². The van der Waals surface area contributed by atoms with Crippen LogP contribution in [0.1, 0.15) is 45.0 Å². The molecule has 1 heterocycles. The number of nitrogens with one attached hydrogen (secondary N) is 1. The highest BCUT2D eigenvalue weighted by molar-refractivity contribution is 5.94. The third-order valence-electron chi connectivity index (χ3n) is 5.32. The Morgan fingerprint density at radius 1 is 1.16 bits per heavy atom. The van der Waals surface area contributed by atoms with Gasteiger partial charge in [-0.25, -0.2) is 4.39 Å². The van der Waals surface area contributed by atoms with Gasteiger partial charge < -0.3 is 19.5 Å². The number of halogens is 1. The van der Waals surface area contributed by atoms with Crippen LogP contribution in [0, 0.1) is 5.82 Å². The molecule has 0 saturated heterocycles. The zero-order valence-electron chi connectivity index (χ0n) is 17.7. The summed E-state index contributed by atoms with van der Waals surface area (Å²) in [6, 6.07) is 14.8. The molecule has 2 amide bonds. The molecule has 7 nitrogen and oxygen atoms in total. The molecule has 0 unspecified atom stereocenters. The van der Waals surface area contributed by atoms with Gasteiger partial charge in [0.25, 0.3) is 11.8 Å². The number of aromatic nitrogens is 1. The van der Waals surface area contributed by atoms with Crippen LogP contribution in [0.2, 0.25) is 0 Å². The highest BCUT2D eigenvalue weighted by Gasteiger charge is 2.34. The van der Waals surface area contributed by atoms with Gasteiger partial charge in [-0.3, -0.25) is 9.59 Å². The fourth-order valence-electron chi connectivity index (χ4n) is 3.38. The minimum atomic E-state index is -0.391. The van der Waals surface area contributed by atoms with E-state index in [-0.39, 0.29) is 30.1 Å². The Morgan fingerprint density at radius 2 is 1.88 bits per heavy atom. The van der Waals surface area contributed by atoms with Gasteiger partial charge in [0.1, 0.15) is 11.6 Å². The second kappa shape index (κ2) is 9.64. The van der Waals surface area contributed by atoms with Gasteiger partial charge >= 0.3 is 0 Å². The second-order valence-corrected chi connectivity index (χ2v) is 7.70. The minimum Gasteiger partial charge on any atom is -0.497 e. The summed E-state index contributed by atoms with van der Waals surface area (Å²) in [6.45, 7) is 0.650. The van der Waals surface area contributed by atoms with Crippen molar-refractivity contribution in [1.82, 2.24) is 15.4 Å². The van der Waals surface area contributed by atoms with E-state index in [0.29, 0.717) is 24.3 Å². The van der Waals surface area contributed by atoms with Gasteiger partial charge in [0.05, 0.1) is 13.7 Å². The zero-order valence-corrected chi connectivity index (χ0v) is 17.7. The molecule has 3 aromatic rings. The molecule has 8 heteroatoms. The maximum Gasteiger partial charge on any atom is 0.273 e. The number of ether oxygens (including phenoxy) is 1. The van der Waals surface area contributed by atoms with E-state index in [1.807, 2.05) is 24.3 Å². The normalized spacial score (nSPS) is 12.9. The maximum absolute atomic E-state index is 13.2. The average molecular weight is 437 g/mol. The number of rotatable bonds is 9. The molecule has 1 N–H and O–H groups in total. The highest BCUT2D eigenvalue weighted by atomic mass is 19.1. The first kappa shape index (κ1) is 21.5. The van der Waals surface area contributed by atoms with Crippen molar-refractivity contribution in [2.45, 2.75) is 31.8 Å². The van der Waals surface area contributed by atoms with Crippen LogP contribution in [0.15, 0.2) is 59.1 Å². The van der Waals surface area contributed by atoms with E-state index in [0.717, 1.165) is 24.2 Å². The Bertz CT molecular complexity index is 1080. The van der Waals surface area contributed by atoms with Gasteiger partial charge in [0.15, 0.2) is 11.5 Å². The minimum absolute atomic E-state index is 0.111. The smallest absolute Gasteiger partial charge is 0.273 e. The van der Waals surface area contributed by atoms with Crippen molar-refractivity contribution in [3.63, 3.8) is 0 Å². The van der Waals surface area contributed by atoms with E-state index in [9.17, 15) is 14.0 Å². The third-order valence-corrected chi connectivity index (χ3v) is 5.32. The van der Waals surface area contributed by atoms with Crippen LogP contribution in [0.3, 0.4) is 0 Å². The predicted octanol–water partition coefficient (Wildman–Crippen LogP) is 3.60. The molecule has 32 heavy (non-hydrogen) atoms. The van der Waals surface area contributed by atoms with Crippen molar-refractivity contribution in [2.24, 2.45) is 0 Å². The monoisotopic (exact) mass is 437 g/mol. The van der Waals surface area contributed by atoms with Crippen molar-refractivity contribution >= 4 is 11.8 Å². The van der Waals surface area contributed by atoms with E-state index >= 15 is 0 Å². The molecule has 0 bridgehead atoms. The Morgan fingerprint density at radius 3 is 2.53 bits per heavy atom. The van der Waals surface area contributed by atoms with Gasteiger partial charge in [0.2, 0.25) is 0 Å².